The van der Waals surface area contributed by atoms with E-state index in [1.54, 1.807) is 56.4 Å². The fourth-order valence-corrected chi connectivity index (χ4v) is 3.19. The lowest BCUT2D eigenvalue weighted by atomic mass is 10.0. The van der Waals surface area contributed by atoms with Gasteiger partial charge in [-0.2, -0.15) is 0 Å². The highest BCUT2D eigenvalue weighted by molar-refractivity contribution is 6.06. The number of benzene rings is 3. The van der Waals surface area contributed by atoms with Gasteiger partial charge in [0.05, 0.1) is 23.7 Å². The van der Waals surface area contributed by atoms with Crippen LogP contribution in [0.25, 0.3) is 11.1 Å². The number of nitrogens with one attached hydrogen (secondary N) is 1. The molecular weight excluding hydrogens is 430 g/mol. The summed E-state index contributed by atoms with van der Waals surface area (Å²) in [6.45, 7) is 1.94. The summed E-state index contributed by atoms with van der Waals surface area (Å²) in [5.74, 6) is -1.85. The Kier molecular flexibility index (Phi) is 7.24. The first-order chi connectivity index (χ1) is 15.7. The molecule has 2 amide bonds. The standard InChI is InChI=1S/C24H24F2N4O3/c1-4-33-24(32)30(29(2)3)18-9-5-15(6-10-18)23(31)28-22-13-16(7-12-21(22)27)19-11-8-17(25)14-20(19)26/h5-14H,4,27H2,1-3H3,(H,28,31). The molecule has 0 aliphatic rings. The van der Waals surface area contributed by atoms with Gasteiger partial charge in [0.1, 0.15) is 11.6 Å². The minimum atomic E-state index is -0.723. The molecule has 3 aromatic rings. The van der Waals surface area contributed by atoms with E-state index in [1.807, 2.05) is 0 Å². The first kappa shape index (κ1) is 23.7. The third-order valence-corrected chi connectivity index (χ3v) is 4.76. The number of nitrogen functional groups attached to an aromatic ring is 1. The number of nitrogens with two attached hydrogens (primary N) is 1. The largest absolute Gasteiger partial charge is 0.448 e. The SMILES string of the molecule is CCOC(=O)N(c1ccc(C(=O)Nc2cc(-c3ccc(F)cc3F)ccc2N)cc1)N(C)C. The molecule has 0 bridgehead atoms. The topological polar surface area (TPSA) is 87.9 Å². The highest BCUT2D eigenvalue weighted by Crippen LogP contribution is 2.30. The van der Waals surface area contributed by atoms with Crippen LogP contribution in [0.15, 0.2) is 60.7 Å². The van der Waals surface area contributed by atoms with Crippen molar-refractivity contribution >= 4 is 29.1 Å². The number of carbonyl (C=O) groups is 2. The van der Waals surface area contributed by atoms with Crippen molar-refractivity contribution in [3.8, 4) is 11.1 Å². The van der Waals surface area contributed by atoms with Crippen molar-refractivity contribution in [2.75, 3.05) is 36.8 Å². The van der Waals surface area contributed by atoms with Gasteiger partial charge >= 0.3 is 6.09 Å². The van der Waals surface area contributed by atoms with Crippen molar-refractivity contribution in [1.29, 1.82) is 0 Å². The van der Waals surface area contributed by atoms with E-state index < -0.39 is 23.6 Å². The zero-order valence-corrected chi connectivity index (χ0v) is 18.4. The van der Waals surface area contributed by atoms with Crippen LogP contribution < -0.4 is 16.1 Å². The molecule has 0 fully saturated rings. The first-order valence-corrected chi connectivity index (χ1v) is 10.1. The average molecular weight is 454 g/mol. The van der Waals surface area contributed by atoms with Crippen molar-refractivity contribution in [3.05, 3.63) is 77.9 Å². The van der Waals surface area contributed by atoms with Gasteiger partial charge in [-0.1, -0.05) is 6.07 Å². The predicted molar refractivity (Wildman–Crippen MR) is 124 cm³/mol. The van der Waals surface area contributed by atoms with Crippen molar-refractivity contribution in [1.82, 2.24) is 5.01 Å². The fourth-order valence-electron chi connectivity index (χ4n) is 3.19. The van der Waals surface area contributed by atoms with Crippen molar-refractivity contribution < 1.29 is 23.1 Å². The zero-order chi connectivity index (χ0) is 24.1. The van der Waals surface area contributed by atoms with E-state index in [-0.39, 0.29) is 23.5 Å². The molecule has 0 atom stereocenters. The molecule has 0 spiro atoms. The Labute approximate surface area is 190 Å². The van der Waals surface area contributed by atoms with E-state index in [2.05, 4.69) is 5.32 Å². The Morgan fingerprint density at radius 1 is 1.00 bits per heavy atom. The summed E-state index contributed by atoms with van der Waals surface area (Å²) in [4.78, 5) is 25.0. The predicted octanol–water partition coefficient (Wildman–Crippen LogP) is 4.91. The van der Waals surface area contributed by atoms with Crippen LogP contribution in [0.5, 0.6) is 0 Å². The highest BCUT2D eigenvalue weighted by atomic mass is 19.1. The number of ether oxygens (including phenoxy) is 1. The van der Waals surface area contributed by atoms with Gasteiger partial charge in [-0.3, -0.25) is 4.79 Å². The molecule has 0 heterocycles. The van der Waals surface area contributed by atoms with Gasteiger partial charge in [0.2, 0.25) is 0 Å². The molecule has 0 saturated heterocycles. The molecule has 0 unspecified atom stereocenters. The Morgan fingerprint density at radius 3 is 2.30 bits per heavy atom. The van der Waals surface area contributed by atoms with Gasteiger partial charge < -0.3 is 15.8 Å². The van der Waals surface area contributed by atoms with Crippen LogP contribution in [0.4, 0.5) is 30.6 Å². The van der Waals surface area contributed by atoms with E-state index >= 15 is 0 Å². The quantitative estimate of drug-likeness (QED) is 0.408. The monoisotopic (exact) mass is 454 g/mol. The van der Waals surface area contributed by atoms with Crippen molar-refractivity contribution in [2.24, 2.45) is 0 Å². The molecule has 3 aromatic carbocycles. The Balaban J connectivity index is 1.82. The van der Waals surface area contributed by atoms with E-state index in [9.17, 15) is 18.4 Å². The Hall–Kier alpha value is -3.98. The second-order valence-electron chi connectivity index (χ2n) is 7.29. The third kappa shape index (κ3) is 5.45. The van der Waals surface area contributed by atoms with Crippen LogP contribution >= 0.6 is 0 Å². The fraction of sp³-hybridized carbons (Fsp3) is 0.167. The summed E-state index contributed by atoms with van der Waals surface area (Å²) in [5.41, 5.74) is 8.00. The summed E-state index contributed by atoms with van der Waals surface area (Å²) in [5, 5.41) is 5.59. The van der Waals surface area contributed by atoms with Gasteiger partial charge in [-0.25, -0.2) is 23.6 Å². The molecule has 0 saturated carbocycles. The second kappa shape index (κ2) is 10.1. The van der Waals surface area contributed by atoms with Gasteiger partial charge in [-0.05, 0) is 61.0 Å². The molecule has 3 rings (SSSR count). The number of carbonyl (C=O) groups excluding carboxylic acids is 2. The van der Waals surface area contributed by atoms with E-state index in [0.717, 1.165) is 12.1 Å². The molecule has 0 aliphatic heterocycles. The number of amides is 2. The average Bonchev–Trinajstić information content (AvgIpc) is 2.76. The molecule has 0 aliphatic carbocycles. The minimum Gasteiger partial charge on any atom is -0.448 e. The maximum absolute atomic E-state index is 14.2. The number of halogens is 2. The number of anilines is 3. The van der Waals surface area contributed by atoms with Crippen LogP contribution in [-0.4, -0.2) is 37.7 Å². The van der Waals surface area contributed by atoms with Gasteiger partial charge in [0.15, 0.2) is 0 Å². The molecule has 3 N–H and O–H groups in total. The van der Waals surface area contributed by atoms with Gasteiger partial charge in [-0.15, -0.1) is 0 Å². The van der Waals surface area contributed by atoms with Crippen LogP contribution in [0.3, 0.4) is 0 Å². The van der Waals surface area contributed by atoms with Crippen LogP contribution in [0, 0.1) is 11.6 Å². The lowest BCUT2D eigenvalue weighted by molar-refractivity contribution is 0.102. The second-order valence-corrected chi connectivity index (χ2v) is 7.29. The minimum absolute atomic E-state index is 0.180. The van der Waals surface area contributed by atoms with Crippen LogP contribution in [0.1, 0.15) is 17.3 Å². The maximum Gasteiger partial charge on any atom is 0.429 e. The summed E-state index contributed by atoms with van der Waals surface area (Å²) >= 11 is 0. The zero-order valence-electron chi connectivity index (χ0n) is 18.4. The van der Waals surface area contributed by atoms with Gasteiger partial charge in [0.25, 0.3) is 5.91 Å². The lowest BCUT2D eigenvalue weighted by Crippen LogP contribution is -2.42. The molecule has 9 heteroatoms. The molecule has 7 nitrogen and oxygen atoms in total. The van der Waals surface area contributed by atoms with E-state index in [0.29, 0.717) is 16.8 Å². The number of hydrogen-bond acceptors (Lipinski definition) is 5. The van der Waals surface area contributed by atoms with Crippen LogP contribution in [0.2, 0.25) is 0 Å². The maximum atomic E-state index is 14.2. The first-order valence-electron chi connectivity index (χ1n) is 10.1. The molecule has 0 aromatic heterocycles. The molecular formula is C24H24F2N4O3. The lowest BCUT2D eigenvalue weighted by Gasteiger charge is -2.27. The number of hydrazine groups is 1. The third-order valence-electron chi connectivity index (χ3n) is 4.76. The van der Waals surface area contributed by atoms with Crippen LogP contribution in [-0.2, 0) is 4.74 Å². The number of hydrogen-bond donors (Lipinski definition) is 2. The summed E-state index contributed by atoms with van der Waals surface area (Å²) in [7, 11) is 3.38. The summed E-state index contributed by atoms with van der Waals surface area (Å²) in [6.07, 6.45) is -0.544. The van der Waals surface area contributed by atoms with Crippen molar-refractivity contribution in [2.45, 2.75) is 6.92 Å². The molecule has 33 heavy (non-hydrogen) atoms. The molecule has 0 radical (unpaired) electrons. The van der Waals surface area contributed by atoms with Crippen molar-refractivity contribution in [3.63, 3.8) is 0 Å². The Bertz CT molecular complexity index is 1170. The number of rotatable bonds is 6. The normalized spacial score (nSPS) is 10.7. The smallest absolute Gasteiger partial charge is 0.429 e. The van der Waals surface area contributed by atoms with E-state index in [1.165, 1.54) is 23.2 Å². The van der Waals surface area contributed by atoms with Gasteiger partial charge in [0, 0.05) is 31.3 Å². The summed E-state index contributed by atoms with van der Waals surface area (Å²) < 4.78 is 32.4. The number of nitrogens with zero attached hydrogens (tertiary/aromatic N) is 2. The highest BCUT2D eigenvalue weighted by Gasteiger charge is 2.20. The Morgan fingerprint density at radius 2 is 1.70 bits per heavy atom. The molecule has 172 valence electrons. The summed E-state index contributed by atoms with van der Waals surface area (Å²) in [6, 6.07) is 14.2. The van der Waals surface area contributed by atoms with E-state index in [4.69, 9.17) is 10.5 Å².